The van der Waals surface area contributed by atoms with Crippen molar-refractivity contribution >= 4 is 62.3 Å². The molecule has 0 heterocycles. The number of hydrogen-bond donors (Lipinski definition) is 1. The van der Waals surface area contributed by atoms with E-state index < -0.39 is 28.5 Å². The van der Waals surface area contributed by atoms with Gasteiger partial charge in [-0.05, 0) is 61.4 Å². The quantitative estimate of drug-likeness (QED) is 0.274. The van der Waals surface area contributed by atoms with E-state index in [9.17, 15) is 18.0 Å². The molecule has 0 aliphatic heterocycles. The molecule has 0 radical (unpaired) electrons. The molecular weight excluding hydrogens is 597 g/mol. The van der Waals surface area contributed by atoms with E-state index in [1.807, 2.05) is 0 Å². The van der Waals surface area contributed by atoms with Crippen molar-refractivity contribution in [2.75, 3.05) is 24.5 Å². The maximum Gasteiger partial charge on any atom is 0.264 e. The molecule has 0 bridgehead atoms. The standard InChI is InChI=1S/C28H30Cl3N3O5S/c1-4-25(28(36)32-5-2)33(17-19-11-13-22(29)23(30)15-19)27(35)18-34(20-12-14-26(39-3)24(31)16-20)40(37,38)21-9-7-6-8-10-21/h6-16,25H,4-5,17-18H2,1-3H3,(H,32,36)/t25-/m1/s1. The van der Waals surface area contributed by atoms with Gasteiger partial charge in [0.05, 0.1) is 32.8 Å². The van der Waals surface area contributed by atoms with Gasteiger partial charge in [0.1, 0.15) is 18.3 Å². The monoisotopic (exact) mass is 625 g/mol. The number of rotatable bonds is 12. The fourth-order valence-corrected chi connectivity index (χ4v) is 6.10. The van der Waals surface area contributed by atoms with Gasteiger partial charge >= 0.3 is 0 Å². The van der Waals surface area contributed by atoms with Gasteiger partial charge in [-0.1, -0.05) is 66.0 Å². The summed E-state index contributed by atoms with van der Waals surface area (Å²) >= 11 is 18.6. The van der Waals surface area contributed by atoms with Crippen LogP contribution in [0.1, 0.15) is 25.8 Å². The predicted octanol–water partition coefficient (Wildman–Crippen LogP) is 5.79. The summed E-state index contributed by atoms with van der Waals surface area (Å²) in [6.07, 6.45) is 0.290. The van der Waals surface area contributed by atoms with Crippen LogP contribution in [0.2, 0.25) is 15.1 Å². The molecule has 3 rings (SSSR count). The Bertz CT molecular complexity index is 1450. The number of hydrogen-bond acceptors (Lipinski definition) is 5. The first-order valence-electron chi connectivity index (χ1n) is 12.5. The van der Waals surface area contributed by atoms with Crippen molar-refractivity contribution in [2.24, 2.45) is 0 Å². The van der Waals surface area contributed by atoms with Gasteiger partial charge in [-0.2, -0.15) is 0 Å². The maximum absolute atomic E-state index is 14.0. The lowest BCUT2D eigenvalue weighted by Crippen LogP contribution is -2.52. The molecule has 3 aromatic rings. The summed E-state index contributed by atoms with van der Waals surface area (Å²) in [5, 5.41) is 3.56. The van der Waals surface area contributed by atoms with Crippen molar-refractivity contribution in [3.8, 4) is 5.75 Å². The number of nitrogens with zero attached hydrogens (tertiary/aromatic N) is 2. The summed E-state index contributed by atoms with van der Waals surface area (Å²) in [4.78, 5) is 28.3. The smallest absolute Gasteiger partial charge is 0.264 e. The van der Waals surface area contributed by atoms with E-state index in [2.05, 4.69) is 5.32 Å². The van der Waals surface area contributed by atoms with Crippen LogP contribution in [0.5, 0.6) is 5.75 Å². The van der Waals surface area contributed by atoms with Crippen LogP contribution in [0, 0.1) is 0 Å². The molecule has 0 aliphatic carbocycles. The summed E-state index contributed by atoms with van der Waals surface area (Å²) in [6.45, 7) is 3.31. The van der Waals surface area contributed by atoms with Crippen molar-refractivity contribution < 1.29 is 22.7 Å². The van der Waals surface area contributed by atoms with E-state index in [1.54, 1.807) is 50.2 Å². The second kappa shape index (κ2) is 14.1. The Morgan fingerprint density at radius 1 is 0.925 bits per heavy atom. The van der Waals surface area contributed by atoms with Crippen molar-refractivity contribution in [1.82, 2.24) is 10.2 Å². The van der Waals surface area contributed by atoms with Gasteiger partial charge in [-0.3, -0.25) is 13.9 Å². The lowest BCUT2D eigenvalue weighted by Gasteiger charge is -2.33. The molecule has 214 valence electrons. The second-order valence-electron chi connectivity index (χ2n) is 8.73. The first kappa shape index (κ1) is 31.5. The van der Waals surface area contributed by atoms with Gasteiger partial charge < -0.3 is 15.0 Å². The molecule has 40 heavy (non-hydrogen) atoms. The van der Waals surface area contributed by atoms with Crippen LogP contribution in [-0.4, -0.2) is 51.4 Å². The van der Waals surface area contributed by atoms with Crippen LogP contribution < -0.4 is 14.4 Å². The number of ether oxygens (including phenoxy) is 1. The summed E-state index contributed by atoms with van der Waals surface area (Å²) in [6, 6.07) is 16.2. The Morgan fingerprint density at radius 3 is 2.20 bits per heavy atom. The summed E-state index contributed by atoms with van der Waals surface area (Å²) in [7, 11) is -2.78. The van der Waals surface area contributed by atoms with Crippen LogP contribution in [0.15, 0.2) is 71.6 Å². The molecule has 0 fully saturated rings. The third kappa shape index (κ3) is 7.40. The lowest BCUT2D eigenvalue weighted by molar-refractivity contribution is -0.140. The van der Waals surface area contributed by atoms with E-state index in [4.69, 9.17) is 39.5 Å². The van der Waals surface area contributed by atoms with Gasteiger partial charge in [-0.15, -0.1) is 0 Å². The Balaban J connectivity index is 2.09. The van der Waals surface area contributed by atoms with E-state index >= 15 is 0 Å². The molecule has 2 amide bonds. The van der Waals surface area contributed by atoms with Crippen LogP contribution >= 0.6 is 34.8 Å². The zero-order valence-electron chi connectivity index (χ0n) is 22.2. The first-order valence-corrected chi connectivity index (χ1v) is 15.0. The highest BCUT2D eigenvalue weighted by Crippen LogP contribution is 2.32. The zero-order valence-corrected chi connectivity index (χ0v) is 25.3. The van der Waals surface area contributed by atoms with Gasteiger partial charge in [0.2, 0.25) is 11.8 Å². The van der Waals surface area contributed by atoms with E-state index in [-0.39, 0.29) is 28.1 Å². The van der Waals surface area contributed by atoms with Crippen molar-refractivity contribution in [1.29, 1.82) is 0 Å². The molecule has 1 N–H and O–H groups in total. The zero-order chi connectivity index (χ0) is 29.4. The number of likely N-dealkylation sites (N-methyl/N-ethyl adjacent to an activating group) is 1. The summed E-state index contributed by atoms with van der Waals surface area (Å²) in [5.74, 6) is -0.615. The highest BCUT2D eigenvalue weighted by molar-refractivity contribution is 7.92. The average molecular weight is 627 g/mol. The van der Waals surface area contributed by atoms with E-state index in [1.165, 1.54) is 42.3 Å². The minimum absolute atomic E-state index is 0.00600. The third-order valence-electron chi connectivity index (χ3n) is 6.11. The molecule has 0 aromatic heterocycles. The molecular formula is C28H30Cl3N3O5S. The number of methoxy groups -OCH3 is 1. The number of carbonyl (C=O) groups excluding carboxylic acids is 2. The Hall–Kier alpha value is -2.98. The fraction of sp³-hybridized carbons (Fsp3) is 0.286. The number of nitrogens with one attached hydrogen (secondary N) is 1. The number of halogens is 3. The first-order chi connectivity index (χ1) is 19.0. The van der Waals surface area contributed by atoms with Crippen molar-refractivity contribution in [3.63, 3.8) is 0 Å². The van der Waals surface area contributed by atoms with Gasteiger partial charge in [0, 0.05) is 13.1 Å². The molecule has 8 nitrogen and oxygen atoms in total. The number of sulfonamides is 1. The fourth-order valence-electron chi connectivity index (χ4n) is 4.11. The third-order valence-corrected chi connectivity index (χ3v) is 8.93. The van der Waals surface area contributed by atoms with Crippen LogP contribution in [0.3, 0.4) is 0 Å². The molecule has 0 saturated heterocycles. The molecule has 1 atom stereocenters. The lowest BCUT2D eigenvalue weighted by atomic mass is 10.1. The number of amides is 2. The van der Waals surface area contributed by atoms with Crippen LogP contribution in [0.4, 0.5) is 5.69 Å². The number of anilines is 1. The average Bonchev–Trinajstić information content (AvgIpc) is 2.94. The second-order valence-corrected chi connectivity index (χ2v) is 11.8. The van der Waals surface area contributed by atoms with Crippen molar-refractivity contribution in [3.05, 3.63) is 87.4 Å². The Morgan fingerprint density at radius 2 is 1.62 bits per heavy atom. The minimum Gasteiger partial charge on any atom is -0.495 e. The summed E-state index contributed by atoms with van der Waals surface area (Å²) in [5.41, 5.74) is 0.777. The highest BCUT2D eigenvalue weighted by atomic mass is 35.5. The topological polar surface area (TPSA) is 96.0 Å². The number of benzene rings is 3. The van der Waals surface area contributed by atoms with E-state index in [0.717, 1.165) is 4.31 Å². The maximum atomic E-state index is 14.0. The van der Waals surface area contributed by atoms with Gasteiger partial charge in [0.25, 0.3) is 10.0 Å². The predicted molar refractivity (Wildman–Crippen MR) is 159 cm³/mol. The molecule has 0 unspecified atom stereocenters. The summed E-state index contributed by atoms with van der Waals surface area (Å²) < 4.78 is 33.9. The normalized spacial score (nSPS) is 11.9. The van der Waals surface area contributed by atoms with Crippen molar-refractivity contribution in [2.45, 2.75) is 37.8 Å². The number of carbonyl (C=O) groups is 2. The molecule has 3 aromatic carbocycles. The molecule has 0 saturated carbocycles. The molecule has 12 heteroatoms. The van der Waals surface area contributed by atoms with E-state index in [0.29, 0.717) is 34.3 Å². The Labute approximate surface area is 249 Å². The largest absolute Gasteiger partial charge is 0.495 e. The van der Waals surface area contributed by atoms with Gasteiger partial charge in [0.15, 0.2) is 0 Å². The minimum atomic E-state index is -4.22. The van der Waals surface area contributed by atoms with Crippen LogP contribution in [-0.2, 0) is 26.2 Å². The molecule has 0 aliphatic rings. The molecule has 0 spiro atoms. The van der Waals surface area contributed by atoms with Gasteiger partial charge in [-0.25, -0.2) is 8.42 Å². The highest BCUT2D eigenvalue weighted by Gasteiger charge is 2.33. The SMILES string of the molecule is CCNC(=O)[C@@H](CC)N(Cc1ccc(Cl)c(Cl)c1)C(=O)CN(c1ccc(OC)c(Cl)c1)S(=O)(=O)c1ccccc1. The Kier molecular flexibility index (Phi) is 11.1. The van der Waals surface area contributed by atoms with Crippen LogP contribution in [0.25, 0.3) is 0 Å².